The van der Waals surface area contributed by atoms with Crippen LogP contribution in [0.2, 0.25) is 0 Å². The minimum Gasteiger partial charge on any atom is -0.360 e. The number of piperidine rings is 1. The van der Waals surface area contributed by atoms with Crippen molar-refractivity contribution in [3.05, 3.63) is 41.5 Å². The van der Waals surface area contributed by atoms with E-state index in [1.54, 1.807) is 13.8 Å². The monoisotopic (exact) mass is 360 g/mol. The van der Waals surface area contributed by atoms with Crippen LogP contribution in [0.4, 0.5) is 0 Å². The molecule has 1 aromatic carbocycles. The molecule has 132 valence electrons. The van der Waals surface area contributed by atoms with Crippen LogP contribution in [-0.4, -0.2) is 40.9 Å². The Balaban J connectivity index is 1.65. The van der Waals surface area contributed by atoms with E-state index in [1.165, 1.54) is 4.31 Å². The summed E-state index contributed by atoms with van der Waals surface area (Å²) in [5.41, 5.74) is 2.29. The molecule has 1 saturated heterocycles. The molecular weight excluding hydrogens is 340 g/mol. The van der Waals surface area contributed by atoms with Gasteiger partial charge in [0.2, 0.25) is 10.0 Å². The molecule has 0 amide bonds. The molecule has 0 bridgehead atoms. The van der Waals surface area contributed by atoms with Gasteiger partial charge in [0.15, 0.2) is 5.76 Å². The third kappa shape index (κ3) is 2.75. The Kier molecular flexibility index (Phi) is 3.88. The predicted molar refractivity (Wildman–Crippen MR) is 92.8 cm³/mol. The Labute approximate surface area is 146 Å². The second-order valence-electron chi connectivity index (χ2n) is 6.49. The van der Waals surface area contributed by atoms with Gasteiger partial charge in [0, 0.05) is 19.0 Å². The van der Waals surface area contributed by atoms with Crippen LogP contribution < -0.4 is 0 Å². The Morgan fingerprint density at radius 1 is 1.28 bits per heavy atom. The molecular formula is C17H20N4O3S. The van der Waals surface area contributed by atoms with Gasteiger partial charge in [0.25, 0.3) is 0 Å². The first-order valence-electron chi connectivity index (χ1n) is 8.34. The molecule has 1 atom stereocenters. The Hall–Kier alpha value is -2.19. The fourth-order valence-corrected chi connectivity index (χ4v) is 5.34. The summed E-state index contributed by atoms with van der Waals surface area (Å²) in [5.74, 6) is 1.24. The number of aromatic nitrogens is 3. The molecule has 0 spiro atoms. The van der Waals surface area contributed by atoms with Crippen LogP contribution in [0.5, 0.6) is 0 Å². The van der Waals surface area contributed by atoms with Crippen molar-refractivity contribution in [1.29, 1.82) is 0 Å². The van der Waals surface area contributed by atoms with Gasteiger partial charge < -0.3 is 9.51 Å². The summed E-state index contributed by atoms with van der Waals surface area (Å²) in [4.78, 5) is 8.17. The van der Waals surface area contributed by atoms with Crippen molar-refractivity contribution in [2.45, 2.75) is 37.5 Å². The Bertz CT molecular complexity index is 969. The normalized spacial score (nSPS) is 19.5. The number of sulfonamides is 1. The summed E-state index contributed by atoms with van der Waals surface area (Å²) in [7, 11) is -3.62. The number of para-hydroxylation sites is 2. The molecule has 1 fully saturated rings. The lowest BCUT2D eigenvalue weighted by atomic mass is 9.99. The molecule has 1 aliphatic heterocycles. The number of nitrogens with zero attached hydrogens (tertiary/aromatic N) is 3. The summed E-state index contributed by atoms with van der Waals surface area (Å²) in [6.45, 7) is 4.20. The second kappa shape index (κ2) is 5.96. The molecule has 0 saturated carbocycles. The fourth-order valence-electron chi connectivity index (χ4n) is 3.52. The maximum absolute atomic E-state index is 13.0. The number of nitrogens with one attached hydrogen (secondary N) is 1. The average Bonchev–Trinajstić information content (AvgIpc) is 3.18. The molecule has 3 heterocycles. The molecule has 2 aromatic heterocycles. The van der Waals surface area contributed by atoms with Gasteiger partial charge in [-0.3, -0.25) is 0 Å². The zero-order valence-electron chi connectivity index (χ0n) is 14.2. The van der Waals surface area contributed by atoms with Gasteiger partial charge in [-0.2, -0.15) is 4.31 Å². The summed E-state index contributed by atoms with van der Waals surface area (Å²) in [6, 6.07) is 7.84. The summed E-state index contributed by atoms with van der Waals surface area (Å²) in [5, 5.41) is 3.78. The van der Waals surface area contributed by atoms with Gasteiger partial charge >= 0.3 is 0 Å². The van der Waals surface area contributed by atoms with Crippen LogP contribution in [0.3, 0.4) is 0 Å². The highest BCUT2D eigenvalue weighted by Gasteiger charge is 2.35. The van der Waals surface area contributed by atoms with Crippen LogP contribution in [-0.2, 0) is 10.0 Å². The van der Waals surface area contributed by atoms with Crippen LogP contribution in [0.25, 0.3) is 11.0 Å². The lowest BCUT2D eigenvalue weighted by Crippen LogP contribution is -2.39. The largest absolute Gasteiger partial charge is 0.360 e. The molecule has 7 nitrogen and oxygen atoms in total. The van der Waals surface area contributed by atoms with E-state index >= 15 is 0 Å². The number of imidazole rings is 1. The molecule has 25 heavy (non-hydrogen) atoms. The van der Waals surface area contributed by atoms with Gasteiger partial charge in [-0.05, 0) is 38.8 Å². The van der Waals surface area contributed by atoms with Gasteiger partial charge in [-0.25, -0.2) is 13.4 Å². The molecule has 1 aliphatic rings. The van der Waals surface area contributed by atoms with E-state index in [1.807, 2.05) is 24.3 Å². The standard InChI is InChI=1S/C17H20N4O3S/c1-11-16(12(2)24-20-11)25(22,23)21-9-5-6-13(10-21)17-18-14-7-3-4-8-15(14)19-17/h3-4,7-8,13H,5-6,9-10H2,1-2H3,(H,18,19). The van der Waals surface area contributed by atoms with E-state index in [-0.39, 0.29) is 10.8 Å². The second-order valence-corrected chi connectivity index (χ2v) is 8.37. The third-order valence-electron chi connectivity index (χ3n) is 4.74. The average molecular weight is 360 g/mol. The number of hydrogen-bond acceptors (Lipinski definition) is 5. The molecule has 8 heteroatoms. The van der Waals surface area contributed by atoms with E-state index in [0.29, 0.717) is 24.5 Å². The van der Waals surface area contributed by atoms with Crippen molar-refractivity contribution in [3.63, 3.8) is 0 Å². The number of benzene rings is 1. The van der Waals surface area contributed by atoms with Gasteiger partial charge in [-0.1, -0.05) is 17.3 Å². The zero-order valence-corrected chi connectivity index (χ0v) is 15.0. The summed E-state index contributed by atoms with van der Waals surface area (Å²) < 4.78 is 32.6. The van der Waals surface area contributed by atoms with Gasteiger partial charge in [-0.15, -0.1) is 0 Å². The maximum Gasteiger partial charge on any atom is 0.248 e. The first-order chi connectivity index (χ1) is 12.0. The highest BCUT2D eigenvalue weighted by atomic mass is 32.2. The first kappa shape index (κ1) is 16.3. The number of rotatable bonds is 3. The van der Waals surface area contributed by atoms with Crippen molar-refractivity contribution in [3.8, 4) is 0 Å². The molecule has 4 rings (SSSR count). The van der Waals surface area contributed by atoms with Crippen LogP contribution in [0.1, 0.15) is 36.0 Å². The summed E-state index contributed by atoms with van der Waals surface area (Å²) >= 11 is 0. The predicted octanol–water partition coefficient (Wildman–Crippen LogP) is 2.74. The number of hydrogen-bond donors (Lipinski definition) is 1. The van der Waals surface area contributed by atoms with Crippen molar-refractivity contribution >= 4 is 21.1 Å². The zero-order chi connectivity index (χ0) is 17.6. The molecule has 0 radical (unpaired) electrons. The van der Waals surface area contributed by atoms with Crippen LogP contribution in [0.15, 0.2) is 33.7 Å². The van der Waals surface area contributed by atoms with Crippen molar-refractivity contribution < 1.29 is 12.9 Å². The topological polar surface area (TPSA) is 92.1 Å². The van der Waals surface area contributed by atoms with Crippen molar-refractivity contribution in [2.75, 3.05) is 13.1 Å². The highest BCUT2D eigenvalue weighted by molar-refractivity contribution is 7.89. The van der Waals surface area contributed by atoms with E-state index in [0.717, 1.165) is 29.7 Å². The molecule has 1 unspecified atom stereocenters. The fraction of sp³-hybridized carbons (Fsp3) is 0.412. The van der Waals surface area contributed by atoms with E-state index < -0.39 is 10.0 Å². The quantitative estimate of drug-likeness (QED) is 0.775. The van der Waals surface area contributed by atoms with Crippen LogP contribution in [0, 0.1) is 13.8 Å². The highest BCUT2D eigenvalue weighted by Crippen LogP contribution is 2.31. The number of H-pyrrole nitrogens is 1. The molecule has 3 aromatic rings. The molecule has 1 N–H and O–H groups in total. The van der Waals surface area contributed by atoms with Crippen LogP contribution >= 0.6 is 0 Å². The minimum atomic E-state index is -3.62. The molecule has 0 aliphatic carbocycles. The SMILES string of the molecule is Cc1noc(C)c1S(=O)(=O)N1CCCC(c2nc3ccccc3[nH]2)C1. The van der Waals surface area contributed by atoms with Crippen molar-refractivity contribution in [2.24, 2.45) is 0 Å². The van der Waals surface area contributed by atoms with Crippen molar-refractivity contribution in [1.82, 2.24) is 19.4 Å². The Morgan fingerprint density at radius 2 is 2.08 bits per heavy atom. The smallest absolute Gasteiger partial charge is 0.248 e. The number of aromatic amines is 1. The van der Waals surface area contributed by atoms with E-state index in [2.05, 4.69) is 15.1 Å². The first-order valence-corrected chi connectivity index (χ1v) is 9.78. The lowest BCUT2D eigenvalue weighted by molar-refractivity contribution is 0.309. The third-order valence-corrected chi connectivity index (χ3v) is 6.85. The maximum atomic E-state index is 13.0. The Morgan fingerprint density at radius 3 is 2.80 bits per heavy atom. The number of aryl methyl sites for hydroxylation is 2. The number of fused-ring (bicyclic) bond motifs is 1. The minimum absolute atomic E-state index is 0.0522. The van der Waals surface area contributed by atoms with Gasteiger partial charge in [0.1, 0.15) is 16.4 Å². The van der Waals surface area contributed by atoms with E-state index in [9.17, 15) is 8.42 Å². The van der Waals surface area contributed by atoms with E-state index in [4.69, 9.17) is 4.52 Å². The lowest BCUT2D eigenvalue weighted by Gasteiger charge is -2.30. The summed E-state index contributed by atoms with van der Waals surface area (Å²) in [6.07, 6.45) is 1.71. The van der Waals surface area contributed by atoms with Gasteiger partial charge in [0.05, 0.1) is 11.0 Å².